The summed E-state index contributed by atoms with van der Waals surface area (Å²) in [5.41, 5.74) is -0.239. The number of nitrogens with one attached hydrogen (secondary N) is 1. The number of amides is 1. The average molecular weight is 361 g/mol. The Morgan fingerprint density at radius 2 is 2.08 bits per heavy atom. The van der Waals surface area contributed by atoms with Crippen LogP contribution in [0.1, 0.15) is 17.7 Å². The molecule has 1 N–H and O–H groups in total. The highest BCUT2D eigenvalue weighted by Crippen LogP contribution is 2.32. The van der Waals surface area contributed by atoms with Gasteiger partial charge in [0.2, 0.25) is 5.91 Å². The lowest BCUT2D eigenvalue weighted by atomic mass is 10.2. The van der Waals surface area contributed by atoms with Crippen LogP contribution in [-0.2, 0) is 17.4 Å². The number of imidazole rings is 1. The molecule has 0 spiro atoms. The number of rotatable bonds is 2. The van der Waals surface area contributed by atoms with Gasteiger partial charge in [0.25, 0.3) is 0 Å². The van der Waals surface area contributed by atoms with E-state index in [0.29, 0.717) is 18.8 Å². The number of fused-ring (bicyclic) bond motifs is 1. The van der Waals surface area contributed by atoms with Crippen molar-refractivity contribution in [2.24, 2.45) is 0 Å². The normalized spacial score (nSPS) is 16.4. The van der Waals surface area contributed by atoms with Crippen molar-refractivity contribution in [3.8, 4) is 0 Å². The number of nitrogens with zero attached hydrogens (tertiary/aromatic N) is 3. The minimum Gasteiger partial charge on any atom is -0.341 e. The van der Waals surface area contributed by atoms with Crippen molar-refractivity contribution in [2.75, 3.05) is 26.2 Å². The Kier molecular flexibility index (Phi) is 4.69. The molecule has 0 aliphatic carbocycles. The summed E-state index contributed by atoms with van der Waals surface area (Å²) >= 11 is 5.90. The fraction of sp³-hybridized carbons (Fsp3) is 0.467. The third-order valence-electron chi connectivity index (χ3n) is 3.91. The van der Waals surface area contributed by atoms with Gasteiger partial charge in [0.1, 0.15) is 0 Å². The van der Waals surface area contributed by atoms with Crippen LogP contribution in [0.5, 0.6) is 0 Å². The number of halogens is 4. The maximum atomic E-state index is 12.8. The Bertz CT molecular complexity index is 751. The number of hydrogen-bond donors (Lipinski definition) is 1. The zero-order valence-corrected chi connectivity index (χ0v) is 13.5. The summed E-state index contributed by atoms with van der Waals surface area (Å²) in [5.74, 6) is -0.0886. The van der Waals surface area contributed by atoms with E-state index in [0.717, 1.165) is 31.8 Å². The van der Waals surface area contributed by atoms with Gasteiger partial charge in [-0.2, -0.15) is 13.2 Å². The van der Waals surface area contributed by atoms with Crippen molar-refractivity contribution in [3.63, 3.8) is 0 Å². The first kappa shape index (κ1) is 17.0. The molecular formula is C15H16ClF3N4O. The summed E-state index contributed by atoms with van der Waals surface area (Å²) in [6.45, 7) is 2.88. The molecule has 1 aliphatic heterocycles. The summed E-state index contributed by atoms with van der Waals surface area (Å²) in [6, 6.07) is 0.843. The lowest BCUT2D eigenvalue weighted by Crippen LogP contribution is -2.35. The lowest BCUT2D eigenvalue weighted by molar-refractivity contribution is -0.138. The van der Waals surface area contributed by atoms with Crippen molar-refractivity contribution >= 4 is 23.2 Å². The Hall–Kier alpha value is -1.80. The smallest absolute Gasteiger partial charge is 0.341 e. The highest BCUT2D eigenvalue weighted by atomic mass is 35.5. The molecule has 2 aromatic rings. The third-order valence-corrected chi connectivity index (χ3v) is 4.19. The predicted molar refractivity (Wildman–Crippen MR) is 83.0 cm³/mol. The highest BCUT2D eigenvalue weighted by Gasteiger charge is 2.32. The molecule has 0 aromatic carbocycles. The van der Waals surface area contributed by atoms with E-state index in [-0.39, 0.29) is 23.0 Å². The van der Waals surface area contributed by atoms with Crippen LogP contribution in [-0.4, -0.2) is 46.4 Å². The quantitative estimate of drug-likeness (QED) is 0.894. The van der Waals surface area contributed by atoms with E-state index in [2.05, 4.69) is 10.3 Å². The molecule has 3 rings (SSSR count). The minimum atomic E-state index is -4.49. The zero-order valence-electron chi connectivity index (χ0n) is 12.7. The molecule has 9 heteroatoms. The first-order chi connectivity index (χ1) is 11.3. The molecule has 5 nitrogen and oxygen atoms in total. The van der Waals surface area contributed by atoms with Crippen molar-refractivity contribution in [1.82, 2.24) is 19.6 Å². The maximum Gasteiger partial charge on any atom is 0.417 e. The summed E-state index contributed by atoms with van der Waals surface area (Å²) in [4.78, 5) is 18.3. The topological polar surface area (TPSA) is 49.6 Å². The van der Waals surface area contributed by atoms with Crippen molar-refractivity contribution in [3.05, 3.63) is 34.7 Å². The molecule has 0 radical (unpaired) electrons. The number of aromatic nitrogens is 2. The predicted octanol–water partition coefficient (Wildman–Crippen LogP) is 2.37. The first-order valence-electron chi connectivity index (χ1n) is 7.57. The van der Waals surface area contributed by atoms with Crippen LogP contribution in [0.4, 0.5) is 13.2 Å². The van der Waals surface area contributed by atoms with Gasteiger partial charge in [-0.05, 0) is 19.0 Å². The van der Waals surface area contributed by atoms with Gasteiger partial charge >= 0.3 is 6.18 Å². The van der Waals surface area contributed by atoms with Gasteiger partial charge in [0.05, 0.1) is 22.7 Å². The standard InChI is InChI=1S/C15H16ClF3N4O/c16-12-6-10(15(17,18)19)8-23-9-11(21-14(12)23)7-13(24)22-4-1-2-20-3-5-22/h6,8-9,20H,1-5,7H2. The van der Waals surface area contributed by atoms with E-state index in [9.17, 15) is 18.0 Å². The van der Waals surface area contributed by atoms with Crippen LogP contribution in [0.15, 0.2) is 18.5 Å². The van der Waals surface area contributed by atoms with Gasteiger partial charge in [-0.15, -0.1) is 0 Å². The van der Waals surface area contributed by atoms with E-state index in [1.54, 1.807) is 4.90 Å². The highest BCUT2D eigenvalue weighted by molar-refractivity contribution is 6.33. The van der Waals surface area contributed by atoms with Gasteiger partial charge in [-0.3, -0.25) is 4.79 Å². The molecule has 0 bridgehead atoms. The SMILES string of the molecule is O=C(Cc1cn2cc(C(F)(F)F)cc(Cl)c2n1)N1CCCNCC1. The molecule has 0 saturated carbocycles. The van der Waals surface area contributed by atoms with E-state index in [1.807, 2.05) is 0 Å². The van der Waals surface area contributed by atoms with Crippen molar-refractivity contribution in [2.45, 2.75) is 19.0 Å². The number of alkyl halides is 3. The van der Waals surface area contributed by atoms with Crippen LogP contribution in [0, 0.1) is 0 Å². The van der Waals surface area contributed by atoms with Gasteiger partial charge in [-0.25, -0.2) is 4.98 Å². The molecule has 24 heavy (non-hydrogen) atoms. The third kappa shape index (κ3) is 3.64. The largest absolute Gasteiger partial charge is 0.417 e. The summed E-state index contributed by atoms with van der Waals surface area (Å²) in [7, 11) is 0. The molecular weight excluding hydrogens is 345 g/mol. The Labute approximate surface area is 141 Å². The van der Waals surface area contributed by atoms with Gasteiger partial charge < -0.3 is 14.6 Å². The summed E-state index contributed by atoms with van der Waals surface area (Å²) < 4.78 is 39.7. The maximum absolute atomic E-state index is 12.8. The minimum absolute atomic E-state index is 0.0410. The lowest BCUT2D eigenvalue weighted by Gasteiger charge is -2.19. The molecule has 1 saturated heterocycles. The Balaban J connectivity index is 1.82. The Morgan fingerprint density at radius 1 is 1.29 bits per heavy atom. The second-order valence-corrected chi connectivity index (χ2v) is 6.11. The zero-order chi connectivity index (χ0) is 17.3. The average Bonchev–Trinajstić information content (AvgIpc) is 2.73. The second kappa shape index (κ2) is 6.60. The molecule has 1 aliphatic rings. The van der Waals surface area contributed by atoms with Crippen molar-refractivity contribution in [1.29, 1.82) is 0 Å². The summed E-state index contributed by atoms with van der Waals surface area (Å²) in [5, 5.41) is 3.11. The Morgan fingerprint density at radius 3 is 2.83 bits per heavy atom. The van der Waals surface area contributed by atoms with Crippen LogP contribution >= 0.6 is 11.6 Å². The van der Waals surface area contributed by atoms with E-state index in [1.165, 1.54) is 10.6 Å². The number of pyridine rings is 1. The van der Waals surface area contributed by atoms with E-state index >= 15 is 0 Å². The van der Waals surface area contributed by atoms with Crippen molar-refractivity contribution < 1.29 is 18.0 Å². The molecule has 3 heterocycles. The molecule has 2 aromatic heterocycles. The summed E-state index contributed by atoms with van der Waals surface area (Å²) in [6.07, 6.45) is -1.23. The second-order valence-electron chi connectivity index (χ2n) is 5.70. The molecule has 0 unspecified atom stereocenters. The number of hydrogen-bond acceptors (Lipinski definition) is 3. The van der Waals surface area contributed by atoms with E-state index in [4.69, 9.17) is 11.6 Å². The van der Waals surface area contributed by atoms with Crippen LogP contribution in [0.2, 0.25) is 5.02 Å². The molecule has 1 fully saturated rings. The number of carbonyl (C=O) groups is 1. The van der Waals surface area contributed by atoms with Gasteiger partial charge in [0, 0.05) is 32.0 Å². The van der Waals surface area contributed by atoms with Crippen LogP contribution in [0.25, 0.3) is 5.65 Å². The van der Waals surface area contributed by atoms with Crippen LogP contribution in [0.3, 0.4) is 0 Å². The first-order valence-corrected chi connectivity index (χ1v) is 7.95. The fourth-order valence-corrected chi connectivity index (χ4v) is 2.97. The van der Waals surface area contributed by atoms with Gasteiger partial charge in [0.15, 0.2) is 5.65 Å². The molecule has 0 atom stereocenters. The monoisotopic (exact) mass is 360 g/mol. The van der Waals surface area contributed by atoms with Gasteiger partial charge in [-0.1, -0.05) is 11.6 Å². The van der Waals surface area contributed by atoms with E-state index < -0.39 is 11.7 Å². The van der Waals surface area contributed by atoms with Crippen LogP contribution < -0.4 is 5.32 Å². The molecule has 130 valence electrons. The molecule has 1 amide bonds. The number of carbonyl (C=O) groups excluding carboxylic acids is 1. The fourth-order valence-electron chi connectivity index (χ4n) is 2.71.